The fraction of sp³-hybridized carbons (Fsp3) is 0.182. The number of carboxylic acids is 1. The van der Waals surface area contributed by atoms with Gasteiger partial charge in [-0.05, 0) is 25.1 Å². The molecule has 0 aliphatic heterocycles. The lowest BCUT2D eigenvalue weighted by molar-refractivity contribution is -0.144. The van der Waals surface area contributed by atoms with Crippen LogP contribution in [0.4, 0.5) is 0 Å². The van der Waals surface area contributed by atoms with Crippen molar-refractivity contribution in [2.75, 3.05) is 0 Å². The highest BCUT2D eigenvalue weighted by molar-refractivity contribution is 5.78. The van der Waals surface area contributed by atoms with E-state index in [1.165, 1.54) is 6.92 Å². The Hall–Kier alpha value is -1.97. The van der Waals surface area contributed by atoms with Crippen LogP contribution in [-0.4, -0.2) is 17.2 Å². The van der Waals surface area contributed by atoms with Crippen LogP contribution in [0.2, 0.25) is 0 Å². The van der Waals surface area contributed by atoms with E-state index in [4.69, 9.17) is 14.3 Å². The molecule has 0 saturated heterocycles. The second-order valence-electron chi connectivity index (χ2n) is 3.22. The van der Waals surface area contributed by atoms with E-state index in [1.54, 1.807) is 18.4 Å². The molecule has 4 nitrogen and oxygen atoms in total. The van der Waals surface area contributed by atoms with E-state index >= 15 is 0 Å². The Kier molecular flexibility index (Phi) is 2.33. The fourth-order valence-corrected chi connectivity index (χ4v) is 1.26. The van der Waals surface area contributed by atoms with Gasteiger partial charge in [0, 0.05) is 11.5 Å². The molecule has 78 valence electrons. The molecule has 1 atom stereocenters. The van der Waals surface area contributed by atoms with E-state index in [0.717, 1.165) is 5.39 Å². The molecule has 0 aliphatic carbocycles. The molecule has 0 amide bonds. The maximum Gasteiger partial charge on any atom is 0.344 e. The highest BCUT2D eigenvalue weighted by Gasteiger charge is 2.12. The third kappa shape index (κ3) is 1.93. The largest absolute Gasteiger partial charge is 0.479 e. The summed E-state index contributed by atoms with van der Waals surface area (Å²) >= 11 is 0. The first-order valence-electron chi connectivity index (χ1n) is 4.53. The van der Waals surface area contributed by atoms with Crippen molar-refractivity contribution in [3.8, 4) is 5.75 Å². The lowest BCUT2D eigenvalue weighted by atomic mass is 10.2. The number of furan rings is 1. The molecule has 0 unspecified atom stereocenters. The van der Waals surface area contributed by atoms with E-state index < -0.39 is 12.1 Å². The van der Waals surface area contributed by atoms with Crippen molar-refractivity contribution in [3.05, 3.63) is 30.5 Å². The van der Waals surface area contributed by atoms with Gasteiger partial charge in [0.25, 0.3) is 0 Å². The van der Waals surface area contributed by atoms with Crippen molar-refractivity contribution >= 4 is 16.9 Å². The second-order valence-corrected chi connectivity index (χ2v) is 3.22. The van der Waals surface area contributed by atoms with Crippen LogP contribution in [0.3, 0.4) is 0 Å². The van der Waals surface area contributed by atoms with Crippen molar-refractivity contribution in [3.63, 3.8) is 0 Å². The normalized spacial score (nSPS) is 12.6. The molecule has 4 heteroatoms. The van der Waals surface area contributed by atoms with Crippen molar-refractivity contribution in [2.45, 2.75) is 13.0 Å². The van der Waals surface area contributed by atoms with Gasteiger partial charge in [0.1, 0.15) is 11.3 Å². The topological polar surface area (TPSA) is 59.7 Å². The molecule has 1 heterocycles. The summed E-state index contributed by atoms with van der Waals surface area (Å²) in [5.41, 5.74) is 0.685. The molecule has 0 fully saturated rings. The molecule has 2 aromatic rings. The molecule has 1 N–H and O–H groups in total. The molecule has 1 aromatic carbocycles. The smallest absolute Gasteiger partial charge is 0.344 e. The van der Waals surface area contributed by atoms with E-state index in [9.17, 15) is 4.79 Å². The maximum atomic E-state index is 10.6. The quantitative estimate of drug-likeness (QED) is 0.836. The number of ether oxygens (including phenoxy) is 1. The van der Waals surface area contributed by atoms with Crippen LogP contribution < -0.4 is 4.74 Å². The zero-order chi connectivity index (χ0) is 10.8. The zero-order valence-electron chi connectivity index (χ0n) is 8.14. The summed E-state index contributed by atoms with van der Waals surface area (Å²) in [5.74, 6) is -0.498. The number of fused-ring (bicyclic) bond motifs is 1. The molecule has 1 aromatic heterocycles. The highest BCUT2D eigenvalue weighted by atomic mass is 16.5. The van der Waals surface area contributed by atoms with Crippen LogP contribution in [0.25, 0.3) is 11.0 Å². The predicted molar refractivity (Wildman–Crippen MR) is 53.9 cm³/mol. The monoisotopic (exact) mass is 206 g/mol. The number of carboxylic acid groups (broad SMARTS) is 1. The Labute approximate surface area is 86.1 Å². The van der Waals surface area contributed by atoms with Gasteiger partial charge in [-0.25, -0.2) is 4.79 Å². The third-order valence-corrected chi connectivity index (χ3v) is 2.09. The van der Waals surface area contributed by atoms with Gasteiger partial charge in [-0.1, -0.05) is 0 Å². The summed E-state index contributed by atoms with van der Waals surface area (Å²) in [7, 11) is 0. The molecule has 0 aliphatic rings. The molecule has 2 rings (SSSR count). The minimum absolute atomic E-state index is 0.493. The molecule has 0 radical (unpaired) electrons. The highest BCUT2D eigenvalue weighted by Crippen LogP contribution is 2.22. The average Bonchev–Trinajstić information content (AvgIpc) is 2.64. The third-order valence-electron chi connectivity index (χ3n) is 2.09. The first kappa shape index (κ1) is 9.58. The van der Waals surface area contributed by atoms with Gasteiger partial charge in [-0.15, -0.1) is 0 Å². The lowest BCUT2D eigenvalue weighted by Crippen LogP contribution is -2.22. The first-order valence-corrected chi connectivity index (χ1v) is 4.53. The van der Waals surface area contributed by atoms with E-state index in [-0.39, 0.29) is 0 Å². The van der Waals surface area contributed by atoms with Crippen molar-refractivity contribution in [1.29, 1.82) is 0 Å². The minimum Gasteiger partial charge on any atom is -0.479 e. The second kappa shape index (κ2) is 3.65. The van der Waals surface area contributed by atoms with Gasteiger partial charge in [0.15, 0.2) is 6.10 Å². The Morgan fingerprint density at radius 3 is 3.00 bits per heavy atom. The Morgan fingerprint density at radius 1 is 1.47 bits per heavy atom. The van der Waals surface area contributed by atoms with Gasteiger partial charge in [-0.2, -0.15) is 0 Å². The minimum atomic E-state index is -0.991. The van der Waals surface area contributed by atoms with Gasteiger partial charge in [0.2, 0.25) is 0 Å². The first-order chi connectivity index (χ1) is 7.16. The van der Waals surface area contributed by atoms with Gasteiger partial charge < -0.3 is 14.3 Å². The standard InChI is InChI=1S/C11H10O4/c1-7(11(12)13)15-9-3-2-8-4-5-14-10(8)6-9/h2-7H,1H3,(H,12,13)/t7-/m0/s1. The van der Waals surface area contributed by atoms with Gasteiger partial charge in [0.05, 0.1) is 6.26 Å². The average molecular weight is 206 g/mol. The van der Waals surface area contributed by atoms with Crippen LogP contribution in [0, 0.1) is 0 Å². The number of hydrogen-bond acceptors (Lipinski definition) is 3. The summed E-state index contributed by atoms with van der Waals surface area (Å²) in [6, 6.07) is 7.05. The fourth-order valence-electron chi connectivity index (χ4n) is 1.26. The SMILES string of the molecule is C[C@H](Oc1ccc2ccoc2c1)C(=O)O. The Bertz CT molecular complexity index is 486. The van der Waals surface area contributed by atoms with Crippen LogP contribution in [0.1, 0.15) is 6.92 Å². The van der Waals surface area contributed by atoms with Crippen molar-refractivity contribution in [2.24, 2.45) is 0 Å². The summed E-state index contributed by atoms with van der Waals surface area (Å²) in [6.45, 7) is 1.48. The van der Waals surface area contributed by atoms with Crippen LogP contribution in [0.5, 0.6) is 5.75 Å². The number of aliphatic carboxylic acids is 1. The van der Waals surface area contributed by atoms with Crippen molar-refractivity contribution < 1.29 is 19.1 Å². The summed E-state index contributed by atoms with van der Waals surface area (Å²) in [6.07, 6.45) is 0.715. The molecule has 0 saturated carbocycles. The number of rotatable bonds is 3. The molecule has 15 heavy (non-hydrogen) atoms. The Balaban J connectivity index is 2.24. The zero-order valence-corrected chi connectivity index (χ0v) is 8.14. The van der Waals surface area contributed by atoms with Gasteiger partial charge in [-0.3, -0.25) is 0 Å². The summed E-state index contributed by atoms with van der Waals surface area (Å²) < 4.78 is 10.4. The lowest BCUT2D eigenvalue weighted by Gasteiger charge is -2.09. The molecule has 0 spiro atoms. The van der Waals surface area contributed by atoms with Crippen LogP contribution in [0.15, 0.2) is 34.9 Å². The Morgan fingerprint density at radius 2 is 2.27 bits per heavy atom. The van der Waals surface area contributed by atoms with Crippen LogP contribution in [-0.2, 0) is 4.79 Å². The number of benzene rings is 1. The van der Waals surface area contributed by atoms with E-state index in [1.807, 2.05) is 12.1 Å². The maximum absolute atomic E-state index is 10.6. The number of hydrogen-bond donors (Lipinski definition) is 1. The molecular weight excluding hydrogens is 196 g/mol. The van der Waals surface area contributed by atoms with E-state index in [0.29, 0.717) is 11.3 Å². The molecular formula is C11H10O4. The predicted octanol–water partition coefficient (Wildman–Crippen LogP) is 2.28. The van der Waals surface area contributed by atoms with E-state index in [2.05, 4.69) is 0 Å². The van der Waals surface area contributed by atoms with Crippen molar-refractivity contribution in [1.82, 2.24) is 0 Å². The summed E-state index contributed by atoms with van der Waals surface area (Å²) in [4.78, 5) is 10.6. The van der Waals surface area contributed by atoms with Crippen LogP contribution >= 0.6 is 0 Å². The number of carbonyl (C=O) groups is 1. The van der Waals surface area contributed by atoms with Gasteiger partial charge >= 0.3 is 5.97 Å². The summed E-state index contributed by atoms with van der Waals surface area (Å²) in [5, 5.41) is 9.63. The molecule has 0 bridgehead atoms.